The summed E-state index contributed by atoms with van der Waals surface area (Å²) in [5, 5.41) is 3.31. The Labute approximate surface area is 141 Å². The molecule has 5 heteroatoms. The van der Waals surface area contributed by atoms with Crippen LogP contribution in [0.1, 0.15) is 28.8 Å². The number of carbonyl (C=O) groups is 2. The molecule has 1 heterocycles. The Morgan fingerprint density at radius 3 is 2.67 bits per heavy atom. The van der Waals surface area contributed by atoms with Crippen LogP contribution in [0.5, 0.6) is 0 Å². The maximum absolute atomic E-state index is 12.0. The molecule has 1 aliphatic rings. The number of anilines is 2. The van der Waals surface area contributed by atoms with Crippen LogP contribution in [0.3, 0.4) is 0 Å². The Balaban J connectivity index is 1.86. The summed E-state index contributed by atoms with van der Waals surface area (Å²) >= 11 is 0. The van der Waals surface area contributed by atoms with Crippen molar-refractivity contribution in [2.75, 3.05) is 23.9 Å². The zero-order valence-electron chi connectivity index (χ0n) is 13.6. The monoisotopic (exact) mass is 324 g/mol. The summed E-state index contributed by atoms with van der Waals surface area (Å²) in [5.41, 5.74) is 3.09. The zero-order valence-corrected chi connectivity index (χ0v) is 13.6. The average molecular weight is 324 g/mol. The molecule has 3 rings (SSSR count). The molecule has 2 aromatic carbocycles. The molecule has 24 heavy (non-hydrogen) atoms. The third-order valence-electron chi connectivity index (χ3n) is 4.06. The van der Waals surface area contributed by atoms with E-state index in [-0.39, 0.29) is 5.91 Å². The minimum Gasteiger partial charge on any atom is -0.465 e. The largest absolute Gasteiger partial charge is 0.465 e. The van der Waals surface area contributed by atoms with Gasteiger partial charge in [-0.15, -0.1) is 0 Å². The average Bonchev–Trinajstić information content (AvgIpc) is 3.06. The second-order valence-corrected chi connectivity index (χ2v) is 5.75. The first kappa shape index (κ1) is 16.1. The molecule has 0 atom stereocenters. The van der Waals surface area contributed by atoms with Gasteiger partial charge in [0.05, 0.1) is 12.7 Å². The Kier molecular flexibility index (Phi) is 4.79. The number of hydrogen-bond acceptors (Lipinski definition) is 4. The van der Waals surface area contributed by atoms with Crippen LogP contribution in [-0.2, 0) is 16.1 Å². The molecule has 2 aromatic rings. The molecular weight excluding hydrogens is 304 g/mol. The second kappa shape index (κ2) is 7.17. The summed E-state index contributed by atoms with van der Waals surface area (Å²) in [7, 11) is 1.35. The first-order chi connectivity index (χ1) is 11.7. The Morgan fingerprint density at radius 2 is 2.00 bits per heavy atom. The highest BCUT2D eigenvalue weighted by Crippen LogP contribution is 2.27. The topological polar surface area (TPSA) is 58.6 Å². The van der Waals surface area contributed by atoms with Crippen molar-refractivity contribution in [3.8, 4) is 0 Å². The van der Waals surface area contributed by atoms with E-state index in [0.717, 1.165) is 23.4 Å². The standard InChI is InChI=1S/C19H20N2O3/c1-24-19(23)15-10-16(20-13-14-6-3-2-4-7-14)12-17(11-15)21-9-5-8-18(21)22/h2-4,6-7,10-12,20H,5,8-9,13H2,1H3. The number of ether oxygens (including phenoxy) is 1. The van der Waals surface area contributed by atoms with Gasteiger partial charge in [0, 0.05) is 30.9 Å². The van der Waals surface area contributed by atoms with Crippen molar-refractivity contribution in [2.24, 2.45) is 0 Å². The van der Waals surface area contributed by atoms with Crippen LogP contribution in [0, 0.1) is 0 Å². The van der Waals surface area contributed by atoms with E-state index in [0.29, 0.717) is 25.1 Å². The van der Waals surface area contributed by atoms with Gasteiger partial charge in [-0.3, -0.25) is 4.79 Å². The van der Waals surface area contributed by atoms with Crippen molar-refractivity contribution in [3.63, 3.8) is 0 Å². The van der Waals surface area contributed by atoms with Crippen molar-refractivity contribution in [1.29, 1.82) is 0 Å². The minimum absolute atomic E-state index is 0.0889. The third-order valence-corrected chi connectivity index (χ3v) is 4.06. The fourth-order valence-electron chi connectivity index (χ4n) is 2.83. The number of rotatable bonds is 5. The van der Waals surface area contributed by atoms with Crippen LogP contribution in [0.25, 0.3) is 0 Å². The molecule has 124 valence electrons. The molecule has 0 radical (unpaired) electrons. The fraction of sp³-hybridized carbons (Fsp3) is 0.263. The summed E-state index contributed by atoms with van der Waals surface area (Å²) in [4.78, 5) is 25.7. The van der Waals surface area contributed by atoms with Crippen molar-refractivity contribution < 1.29 is 14.3 Å². The zero-order chi connectivity index (χ0) is 16.9. The summed E-state index contributed by atoms with van der Waals surface area (Å²) in [6, 6.07) is 15.4. The highest BCUT2D eigenvalue weighted by Gasteiger charge is 2.23. The molecule has 0 unspecified atom stereocenters. The smallest absolute Gasteiger partial charge is 0.337 e. The van der Waals surface area contributed by atoms with Gasteiger partial charge >= 0.3 is 5.97 Å². The van der Waals surface area contributed by atoms with Gasteiger partial charge in [0.1, 0.15) is 0 Å². The number of carbonyl (C=O) groups excluding carboxylic acids is 2. The fourth-order valence-corrected chi connectivity index (χ4v) is 2.83. The van der Waals surface area contributed by atoms with Gasteiger partial charge in [0.15, 0.2) is 0 Å². The summed E-state index contributed by atoms with van der Waals surface area (Å²) in [5.74, 6) is -0.322. The normalized spacial score (nSPS) is 13.9. The molecule has 1 N–H and O–H groups in total. The van der Waals surface area contributed by atoms with Gasteiger partial charge in [-0.1, -0.05) is 30.3 Å². The predicted octanol–water partition coefficient (Wildman–Crippen LogP) is 3.21. The lowest BCUT2D eigenvalue weighted by Crippen LogP contribution is -2.24. The van der Waals surface area contributed by atoms with E-state index in [1.54, 1.807) is 17.0 Å². The Morgan fingerprint density at radius 1 is 1.21 bits per heavy atom. The molecule has 1 aliphatic heterocycles. The van der Waals surface area contributed by atoms with Crippen molar-refractivity contribution >= 4 is 23.3 Å². The maximum atomic E-state index is 12.0. The van der Waals surface area contributed by atoms with E-state index in [1.807, 2.05) is 36.4 Å². The van der Waals surface area contributed by atoms with Crippen molar-refractivity contribution in [3.05, 3.63) is 59.7 Å². The van der Waals surface area contributed by atoms with E-state index in [1.165, 1.54) is 7.11 Å². The van der Waals surface area contributed by atoms with Crippen LogP contribution in [0.4, 0.5) is 11.4 Å². The number of nitrogens with zero attached hydrogens (tertiary/aromatic N) is 1. The summed E-state index contributed by atoms with van der Waals surface area (Å²) < 4.78 is 4.83. The van der Waals surface area contributed by atoms with Crippen molar-refractivity contribution in [2.45, 2.75) is 19.4 Å². The van der Waals surface area contributed by atoms with Gasteiger partial charge in [0.25, 0.3) is 0 Å². The Bertz CT molecular complexity index is 744. The number of amides is 1. The molecule has 0 aliphatic carbocycles. The maximum Gasteiger partial charge on any atom is 0.337 e. The molecule has 0 bridgehead atoms. The van der Waals surface area contributed by atoms with Gasteiger partial charge < -0.3 is 15.0 Å². The molecular formula is C19H20N2O3. The summed E-state index contributed by atoms with van der Waals surface area (Å²) in [6.07, 6.45) is 1.39. The van der Waals surface area contributed by atoms with Crippen LogP contribution in [0.15, 0.2) is 48.5 Å². The number of esters is 1. The molecule has 1 fully saturated rings. The van der Waals surface area contributed by atoms with E-state index >= 15 is 0 Å². The lowest BCUT2D eigenvalue weighted by molar-refractivity contribution is -0.117. The van der Waals surface area contributed by atoms with Crippen LogP contribution in [0.2, 0.25) is 0 Å². The molecule has 0 spiro atoms. The van der Waals surface area contributed by atoms with Gasteiger partial charge in [0.2, 0.25) is 5.91 Å². The molecule has 0 saturated carbocycles. The second-order valence-electron chi connectivity index (χ2n) is 5.75. The molecule has 1 saturated heterocycles. The van der Waals surface area contributed by atoms with Gasteiger partial charge in [-0.2, -0.15) is 0 Å². The molecule has 1 amide bonds. The van der Waals surface area contributed by atoms with Gasteiger partial charge in [-0.25, -0.2) is 4.79 Å². The summed E-state index contributed by atoms with van der Waals surface area (Å²) in [6.45, 7) is 1.32. The SMILES string of the molecule is COC(=O)c1cc(NCc2ccccc2)cc(N2CCCC2=O)c1. The number of hydrogen-bond donors (Lipinski definition) is 1. The van der Waals surface area contributed by atoms with E-state index in [4.69, 9.17) is 4.74 Å². The van der Waals surface area contributed by atoms with Crippen LogP contribution in [-0.4, -0.2) is 25.5 Å². The van der Waals surface area contributed by atoms with Crippen molar-refractivity contribution in [1.82, 2.24) is 0 Å². The van der Waals surface area contributed by atoms with E-state index in [2.05, 4.69) is 5.32 Å². The van der Waals surface area contributed by atoms with Gasteiger partial charge in [-0.05, 0) is 30.2 Å². The third kappa shape index (κ3) is 3.56. The molecule has 0 aromatic heterocycles. The quantitative estimate of drug-likeness (QED) is 0.858. The van der Waals surface area contributed by atoms with Crippen LogP contribution < -0.4 is 10.2 Å². The highest BCUT2D eigenvalue weighted by atomic mass is 16.5. The number of methoxy groups -OCH3 is 1. The number of nitrogens with one attached hydrogen (secondary N) is 1. The van der Waals surface area contributed by atoms with Crippen LogP contribution >= 0.6 is 0 Å². The van der Waals surface area contributed by atoms with E-state index < -0.39 is 5.97 Å². The first-order valence-corrected chi connectivity index (χ1v) is 7.99. The van der Waals surface area contributed by atoms with E-state index in [9.17, 15) is 9.59 Å². The predicted molar refractivity (Wildman–Crippen MR) is 93.1 cm³/mol. The first-order valence-electron chi connectivity index (χ1n) is 7.99. The lowest BCUT2D eigenvalue weighted by atomic mass is 10.1. The number of benzene rings is 2. The molecule has 5 nitrogen and oxygen atoms in total. The lowest BCUT2D eigenvalue weighted by Gasteiger charge is -2.18. The minimum atomic E-state index is -0.411. The Hall–Kier alpha value is -2.82. The highest BCUT2D eigenvalue weighted by molar-refractivity contribution is 5.98.